The Bertz CT molecular complexity index is 469. The maximum absolute atomic E-state index is 11.3. The number of aryl methyl sites for hydroxylation is 1. The number of hydrogen-bond donors (Lipinski definition) is 1. The summed E-state index contributed by atoms with van der Waals surface area (Å²) >= 11 is 1.62. The zero-order chi connectivity index (χ0) is 12.9. The number of sulfone groups is 1. The summed E-state index contributed by atoms with van der Waals surface area (Å²) < 4.78 is 22.6. The van der Waals surface area contributed by atoms with Gasteiger partial charge in [0.1, 0.15) is 9.84 Å². The van der Waals surface area contributed by atoms with Crippen molar-refractivity contribution >= 4 is 27.3 Å². The Labute approximate surface area is 108 Å². The number of nitrogens with two attached hydrogens (primary N) is 1. The summed E-state index contributed by atoms with van der Waals surface area (Å²) in [4.78, 5) is 1.04. The lowest BCUT2D eigenvalue weighted by atomic mass is 10.2. The molecule has 1 aromatic carbocycles. The van der Waals surface area contributed by atoms with E-state index in [0.29, 0.717) is 6.42 Å². The van der Waals surface area contributed by atoms with Gasteiger partial charge in [-0.15, -0.1) is 11.8 Å². The topological polar surface area (TPSA) is 60.2 Å². The van der Waals surface area contributed by atoms with Crippen LogP contribution in [0.3, 0.4) is 0 Å². The number of rotatable bonds is 6. The molecule has 0 aliphatic rings. The van der Waals surface area contributed by atoms with Crippen molar-refractivity contribution < 1.29 is 8.42 Å². The van der Waals surface area contributed by atoms with Crippen molar-refractivity contribution in [1.29, 1.82) is 0 Å². The molecule has 0 saturated heterocycles. The third kappa shape index (κ3) is 4.60. The van der Waals surface area contributed by atoms with Gasteiger partial charge >= 0.3 is 0 Å². The Kier molecular flexibility index (Phi) is 5.33. The molecule has 0 amide bonds. The molecule has 0 unspecified atom stereocenters. The van der Waals surface area contributed by atoms with Crippen LogP contribution < -0.4 is 5.73 Å². The number of para-hydroxylation sites is 1. The molecule has 17 heavy (non-hydrogen) atoms. The molecule has 3 nitrogen and oxygen atoms in total. The fraction of sp³-hybridized carbons (Fsp3) is 0.500. The second kappa shape index (κ2) is 6.31. The molecule has 1 aromatic rings. The molecule has 0 aromatic heterocycles. The molecule has 0 aliphatic heterocycles. The molecular formula is C12H19NO2S2. The molecule has 2 N–H and O–H groups in total. The average Bonchev–Trinajstić information content (AvgIpc) is 2.30. The largest absolute Gasteiger partial charge is 0.398 e. The van der Waals surface area contributed by atoms with Crippen LogP contribution in [0.4, 0.5) is 5.69 Å². The first-order chi connectivity index (χ1) is 7.96. The zero-order valence-corrected chi connectivity index (χ0v) is 11.9. The van der Waals surface area contributed by atoms with E-state index in [0.717, 1.165) is 21.9 Å². The average molecular weight is 273 g/mol. The van der Waals surface area contributed by atoms with Crippen LogP contribution in [-0.4, -0.2) is 25.7 Å². The molecule has 1 rings (SSSR count). The highest BCUT2D eigenvalue weighted by molar-refractivity contribution is 7.99. The van der Waals surface area contributed by atoms with Crippen LogP contribution in [0.25, 0.3) is 0 Å². The SMILES string of the molecule is CCS(=O)(=O)CCCSc1cccc(C)c1N. The number of nitrogen functional groups attached to an aromatic ring is 1. The van der Waals surface area contributed by atoms with Crippen LogP contribution in [-0.2, 0) is 9.84 Å². The molecular weight excluding hydrogens is 254 g/mol. The summed E-state index contributed by atoms with van der Waals surface area (Å²) in [7, 11) is -2.84. The minimum atomic E-state index is -2.84. The Hall–Kier alpha value is -0.680. The summed E-state index contributed by atoms with van der Waals surface area (Å²) in [5, 5.41) is 0. The number of benzene rings is 1. The first-order valence-corrected chi connectivity index (χ1v) is 8.45. The molecule has 0 aliphatic carbocycles. The second-order valence-electron chi connectivity index (χ2n) is 3.93. The highest BCUT2D eigenvalue weighted by atomic mass is 32.2. The summed E-state index contributed by atoms with van der Waals surface area (Å²) in [5.41, 5.74) is 7.81. The van der Waals surface area contributed by atoms with Gasteiger partial charge in [-0.1, -0.05) is 19.1 Å². The van der Waals surface area contributed by atoms with E-state index >= 15 is 0 Å². The van der Waals surface area contributed by atoms with Gasteiger partial charge in [0, 0.05) is 16.3 Å². The van der Waals surface area contributed by atoms with Gasteiger partial charge in [-0.25, -0.2) is 8.42 Å². The van der Waals surface area contributed by atoms with Gasteiger partial charge in [0.15, 0.2) is 0 Å². The Morgan fingerprint density at radius 1 is 1.35 bits per heavy atom. The van der Waals surface area contributed by atoms with Gasteiger partial charge in [-0.2, -0.15) is 0 Å². The van der Waals surface area contributed by atoms with Crippen LogP contribution in [0.1, 0.15) is 18.9 Å². The lowest BCUT2D eigenvalue weighted by molar-refractivity contribution is 0.596. The van der Waals surface area contributed by atoms with E-state index in [-0.39, 0.29) is 11.5 Å². The van der Waals surface area contributed by atoms with Crippen LogP contribution in [0.2, 0.25) is 0 Å². The van der Waals surface area contributed by atoms with Crippen molar-refractivity contribution in [2.45, 2.75) is 25.2 Å². The smallest absolute Gasteiger partial charge is 0.150 e. The fourth-order valence-electron chi connectivity index (χ4n) is 1.38. The third-order valence-electron chi connectivity index (χ3n) is 2.58. The van der Waals surface area contributed by atoms with Crippen molar-refractivity contribution in [3.63, 3.8) is 0 Å². The van der Waals surface area contributed by atoms with Gasteiger partial charge in [0.05, 0.1) is 5.75 Å². The van der Waals surface area contributed by atoms with Crippen molar-refractivity contribution in [2.75, 3.05) is 23.0 Å². The van der Waals surface area contributed by atoms with Crippen LogP contribution in [0.15, 0.2) is 23.1 Å². The van der Waals surface area contributed by atoms with Gasteiger partial charge < -0.3 is 5.73 Å². The number of thioether (sulfide) groups is 1. The Morgan fingerprint density at radius 2 is 2.06 bits per heavy atom. The summed E-state index contributed by atoms with van der Waals surface area (Å²) in [6, 6.07) is 5.92. The van der Waals surface area contributed by atoms with Crippen LogP contribution in [0.5, 0.6) is 0 Å². The van der Waals surface area contributed by atoms with E-state index in [1.807, 2.05) is 25.1 Å². The maximum atomic E-state index is 11.3. The third-order valence-corrected chi connectivity index (χ3v) is 5.53. The molecule has 5 heteroatoms. The molecule has 0 saturated carbocycles. The molecule has 0 radical (unpaired) electrons. The number of anilines is 1. The lowest BCUT2D eigenvalue weighted by Crippen LogP contribution is -2.09. The van der Waals surface area contributed by atoms with E-state index in [1.165, 1.54) is 0 Å². The molecule has 0 spiro atoms. The minimum absolute atomic E-state index is 0.226. The highest BCUT2D eigenvalue weighted by Crippen LogP contribution is 2.27. The van der Waals surface area contributed by atoms with E-state index in [2.05, 4.69) is 0 Å². The molecule has 96 valence electrons. The monoisotopic (exact) mass is 273 g/mol. The molecule has 0 heterocycles. The van der Waals surface area contributed by atoms with E-state index in [4.69, 9.17) is 5.73 Å². The Balaban J connectivity index is 2.44. The Morgan fingerprint density at radius 3 is 2.71 bits per heavy atom. The molecule has 0 fully saturated rings. The lowest BCUT2D eigenvalue weighted by Gasteiger charge is -2.07. The van der Waals surface area contributed by atoms with Gasteiger partial charge in [-0.3, -0.25) is 0 Å². The molecule has 0 bridgehead atoms. The standard InChI is InChI=1S/C12H19NO2S2/c1-3-17(14,15)9-5-8-16-11-7-4-6-10(2)12(11)13/h4,6-7H,3,5,8-9,13H2,1-2H3. The zero-order valence-electron chi connectivity index (χ0n) is 10.3. The minimum Gasteiger partial charge on any atom is -0.398 e. The highest BCUT2D eigenvalue weighted by Gasteiger charge is 2.07. The van der Waals surface area contributed by atoms with E-state index in [9.17, 15) is 8.42 Å². The molecule has 0 atom stereocenters. The van der Waals surface area contributed by atoms with Crippen molar-refractivity contribution in [3.8, 4) is 0 Å². The van der Waals surface area contributed by atoms with Crippen LogP contribution in [0, 0.1) is 6.92 Å². The van der Waals surface area contributed by atoms with Gasteiger partial charge in [-0.05, 0) is 30.7 Å². The van der Waals surface area contributed by atoms with Gasteiger partial charge in [0.2, 0.25) is 0 Å². The van der Waals surface area contributed by atoms with Gasteiger partial charge in [0.25, 0.3) is 0 Å². The predicted molar refractivity (Wildman–Crippen MR) is 75.3 cm³/mol. The predicted octanol–water partition coefficient (Wildman–Crippen LogP) is 2.49. The summed E-state index contributed by atoms with van der Waals surface area (Å²) in [6.07, 6.45) is 0.675. The van der Waals surface area contributed by atoms with Crippen molar-refractivity contribution in [2.24, 2.45) is 0 Å². The van der Waals surface area contributed by atoms with E-state index in [1.54, 1.807) is 18.7 Å². The normalized spacial score (nSPS) is 11.6. The fourth-order valence-corrected chi connectivity index (χ4v) is 3.44. The first kappa shape index (κ1) is 14.4. The van der Waals surface area contributed by atoms with Crippen molar-refractivity contribution in [1.82, 2.24) is 0 Å². The summed E-state index contributed by atoms with van der Waals surface area (Å²) in [5.74, 6) is 1.28. The van der Waals surface area contributed by atoms with Crippen LogP contribution >= 0.6 is 11.8 Å². The first-order valence-electron chi connectivity index (χ1n) is 5.64. The van der Waals surface area contributed by atoms with Crippen molar-refractivity contribution in [3.05, 3.63) is 23.8 Å². The quantitative estimate of drug-likeness (QED) is 0.491. The maximum Gasteiger partial charge on any atom is 0.150 e. The summed E-state index contributed by atoms with van der Waals surface area (Å²) in [6.45, 7) is 3.65. The second-order valence-corrected chi connectivity index (χ2v) is 7.53. The van der Waals surface area contributed by atoms with E-state index < -0.39 is 9.84 Å². The number of hydrogen-bond acceptors (Lipinski definition) is 4.